The van der Waals surface area contributed by atoms with Crippen molar-refractivity contribution in [1.82, 2.24) is 4.90 Å². The molecule has 2 atom stereocenters. The number of hydrogen-bond donors (Lipinski definition) is 0. The molecular weight excluding hydrogens is 289 g/mol. The lowest BCUT2D eigenvalue weighted by atomic mass is 10.1. The fourth-order valence-electron chi connectivity index (χ4n) is 2.81. The lowest BCUT2D eigenvalue weighted by molar-refractivity contribution is 0.355. The molecule has 0 fully saturated rings. The zero-order valence-corrected chi connectivity index (χ0v) is 15.4. The Bertz CT molecular complexity index is 632. The van der Waals surface area contributed by atoms with Crippen molar-refractivity contribution in [2.75, 3.05) is 21.2 Å². The van der Waals surface area contributed by atoms with Gasteiger partial charge in [0.25, 0.3) is 0 Å². The minimum Gasteiger partial charge on any atom is -0.496 e. The van der Waals surface area contributed by atoms with Crippen molar-refractivity contribution < 1.29 is 4.74 Å². The van der Waals surface area contributed by atoms with Crippen LogP contribution in [0.2, 0.25) is 0 Å². The maximum absolute atomic E-state index is 5.47. The number of aryl methyl sites for hydroxylation is 2. The lowest BCUT2D eigenvalue weighted by Gasteiger charge is -2.22. The number of ether oxygens (including phenoxy) is 1. The Kier molecular flexibility index (Phi) is 5.26. The molecular formula is C19H26NOP. The topological polar surface area (TPSA) is 12.5 Å². The third-order valence-electron chi connectivity index (χ3n) is 4.23. The van der Waals surface area contributed by atoms with Gasteiger partial charge in [0.05, 0.1) is 7.11 Å². The molecule has 1 unspecified atom stereocenters. The van der Waals surface area contributed by atoms with E-state index < -0.39 is 0 Å². The minimum atomic E-state index is 0.401. The third kappa shape index (κ3) is 3.34. The molecule has 118 valence electrons. The molecule has 0 saturated heterocycles. The number of allylic oxidation sites excluding steroid dienone is 3. The highest BCUT2D eigenvalue weighted by Crippen LogP contribution is 2.40. The number of benzene rings is 1. The second-order valence-electron chi connectivity index (χ2n) is 6.10. The Hall–Kier alpha value is -1.37. The van der Waals surface area contributed by atoms with E-state index in [1.807, 2.05) is 0 Å². The molecule has 0 aromatic heterocycles. The van der Waals surface area contributed by atoms with E-state index in [0.717, 1.165) is 11.3 Å². The largest absolute Gasteiger partial charge is 0.496 e. The van der Waals surface area contributed by atoms with E-state index in [0.29, 0.717) is 14.6 Å². The van der Waals surface area contributed by atoms with Crippen LogP contribution in [0.3, 0.4) is 0 Å². The second-order valence-corrected chi connectivity index (χ2v) is 7.42. The van der Waals surface area contributed by atoms with Crippen molar-refractivity contribution in [3.05, 3.63) is 58.5 Å². The molecule has 1 aromatic carbocycles. The first-order valence-corrected chi connectivity index (χ1v) is 8.55. The summed E-state index contributed by atoms with van der Waals surface area (Å²) >= 11 is 0. The highest BCUT2D eigenvalue weighted by molar-refractivity contribution is 7.52. The molecule has 0 heterocycles. The van der Waals surface area contributed by atoms with Gasteiger partial charge in [-0.05, 0) is 79.9 Å². The molecule has 1 aromatic rings. The van der Waals surface area contributed by atoms with Gasteiger partial charge < -0.3 is 9.64 Å². The Morgan fingerprint density at radius 2 is 1.73 bits per heavy atom. The normalized spacial score (nSPS) is 16.4. The minimum absolute atomic E-state index is 0.401. The Morgan fingerprint density at radius 1 is 1.14 bits per heavy atom. The monoisotopic (exact) mass is 315 g/mol. The van der Waals surface area contributed by atoms with Gasteiger partial charge in [-0.15, -0.1) is 0 Å². The zero-order chi connectivity index (χ0) is 16.4. The van der Waals surface area contributed by atoms with Crippen LogP contribution in [0.15, 0.2) is 47.3 Å². The first-order chi connectivity index (χ1) is 10.3. The Labute approximate surface area is 136 Å². The van der Waals surface area contributed by atoms with Gasteiger partial charge in [-0.3, -0.25) is 0 Å². The molecule has 0 saturated carbocycles. The van der Waals surface area contributed by atoms with Gasteiger partial charge >= 0.3 is 0 Å². The van der Waals surface area contributed by atoms with Gasteiger partial charge in [0.2, 0.25) is 0 Å². The molecule has 22 heavy (non-hydrogen) atoms. The molecule has 1 aliphatic carbocycles. The summed E-state index contributed by atoms with van der Waals surface area (Å²) < 4.78 is 5.47. The summed E-state index contributed by atoms with van der Waals surface area (Å²) in [6.45, 7) is 10.7. The SMILES string of the molecule is C=C1C=CC([C@@H](C)N(C)C)=C1Pc1cc(C)c(OC)c(C)c1. The Morgan fingerprint density at radius 3 is 2.23 bits per heavy atom. The summed E-state index contributed by atoms with van der Waals surface area (Å²) in [5.74, 6) is 0.993. The van der Waals surface area contributed by atoms with Crippen LogP contribution in [0, 0.1) is 13.8 Å². The highest BCUT2D eigenvalue weighted by atomic mass is 31.1. The standard InChI is InChI=1S/C19H26NOP/c1-12-8-9-17(15(4)20(5)6)19(12)22-16-10-13(2)18(21-7)14(3)11-16/h8-11,15,22H,1H2,2-7H3/t15-/m1/s1. The van der Waals surface area contributed by atoms with E-state index in [4.69, 9.17) is 4.74 Å². The first kappa shape index (κ1) is 17.0. The predicted molar refractivity (Wildman–Crippen MR) is 98.9 cm³/mol. The summed E-state index contributed by atoms with van der Waals surface area (Å²) in [5, 5.41) is 2.73. The molecule has 1 aliphatic rings. The smallest absolute Gasteiger partial charge is 0.124 e. The lowest BCUT2D eigenvalue weighted by Crippen LogP contribution is -2.26. The predicted octanol–water partition coefficient (Wildman–Crippen LogP) is 3.95. The van der Waals surface area contributed by atoms with E-state index in [-0.39, 0.29) is 0 Å². The van der Waals surface area contributed by atoms with E-state index in [2.05, 4.69) is 70.6 Å². The van der Waals surface area contributed by atoms with Gasteiger partial charge in [-0.2, -0.15) is 0 Å². The van der Waals surface area contributed by atoms with Gasteiger partial charge in [0.1, 0.15) is 5.75 Å². The van der Waals surface area contributed by atoms with Crippen LogP contribution in [0.4, 0.5) is 0 Å². The van der Waals surface area contributed by atoms with Gasteiger partial charge in [-0.25, -0.2) is 0 Å². The van der Waals surface area contributed by atoms with Gasteiger partial charge in [-0.1, -0.05) is 27.3 Å². The highest BCUT2D eigenvalue weighted by Gasteiger charge is 2.20. The van der Waals surface area contributed by atoms with Crippen molar-refractivity contribution in [3.8, 4) is 5.75 Å². The number of hydrogen-bond acceptors (Lipinski definition) is 2. The van der Waals surface area contributed by atoms with Crippen molar-refractivity contribution in [1.29, 1.82) is 0 Å². The summed E-state index contributed by atoms with van der Waals surface area (Å²) in [5.41, 5.74) is 4.93. The van der Waals surface area contributed by atoms with Gasteiger partial charge in [0.15, 0.2) is 0 Å². The molecule has 0 spiro atoms. The molecule has 2 nitrogen and oxygen atoms in total. The van der Waals surface area contributed by atoms with Crippen molar-refractivity contribution in [2.24, 2.45) is 0 Å². The summed E-state index contributed by atoms with van der Waals surface area (Å²) in [6, 6.07) is 4.88. The molecule has 0 radical (unpaired) electrons. The molecule has 0 aliphatic heterocycles. The van der Waals surface area contributed by atoms with E-state index in [1.165, 1.54) is 27.3 Å². The maximum atomic E-state index is 5.47. The van der Waals surface area contributed by atoms with E-state index in [1.54, 1.807) is 7.11 Å². The fourth-order valence-corrected chi connectivity index (χ4v) is 4.36. The average molecular weight is 315 g/mol. The van der Waals surface area contributed by atoms with Crippen molar-refractivity contribution >= 4 is 13.9 Å². The van der Waals surface area contributed by atoms with Crippen LogP contribution >= 0.6 is 8.58 Å². The molecule has 0 amide bonds. The number of nitrogens with zero attached hydrogens (tertiary/aromatic N) is 1. The van der Waals surface area contributed by atoms with Crippen LogP contribution < -0.4 is 10.0 Å². The van der Waals surface area contributed by atoms with Crippen LogP contribution in [0.5, 0.6) is 5.75 Å². The quantitative estimate of drug-likeness (QED) is 0.763. The van der Waals surface area contributed by atoms with Crippen molar-refractivity contribution in [3.63, 3.8) is 0 Å². The van der Waals surface area contributed by atoms with E-state index >= 15 is 0 Å². The average Bonchev–Trinajstić information content (AvgIpc) is 2.79. The fraction of sp³-hybridized carbons (Fsp3) is 0.368. The number of methoxy groups -OCH3 is 1. The third-order valence-corrected chi connectivity index (χ3v) is 5.67. The van der Waals surface area contributed by atoms with Crippen LogP contribution in [-0.4, -0.2) is 32.1 Å². The molecule has 0 N–H and O–H groups in total. The first-order valence-electron chi connectivity index (χ1n) is 7.55. The molecule has 0 bridgehead atoms. The summed E-state index contributed by atoms with van der Waals surface area (Å²) in [4.78, 5) is 2.24. The van der Waals surface area contributed by atoms with Crippen LogP contribution in [0.1, 0.15) is 18.1 Å². The number of likely N-dealkylation sites (N-methyl/N-ethyl adjacent to an activating group) is 1. The second kappa shape index (κ2) is 6.81. The van der Waals surface area contributed by atoms with Gasteiger partial charge in [0, 0.05) is 6.04 Å². The zero-order valence-electron chi connectivity index (χ0n) is 14.4. The Balaban J connectivity index is 2.36. The summed E-state index contributed by atoms with van der Waals surface area (Å²) in [7, 11) is 6.61. The summed E-state index contributed by atoms with van der Waals surface area (Å²) in [6.07, 6.45) is 4.36. The van der Waals surface area contributed by atoms with E-state index in [9.17, 15) is 0 Å². The molecule has 3 heteroatoms. The van der Waals surface area contributed by atoms with Crippen LogP contribution in [0.25, 0.3) is 0 Å². The van der Waals surface area contributed by atoms with Crippen LogP contribution in [-0.2, 0) is 0 Å². The van der Waals surface area contributed by atoms with Crippen molar-refractivity contribution in [2.45, 2.75) is 26.8 Å². The maximum Gasteiger partial charge on any atom is 0.124 e. The molecule has 2 rings (SSSR count). The number of rotatable bonds is 5.